The summed E-state index contributed by atoms with van der Waals surface area (Å²) in [5.74, 6) is 0.968. The summed E-state index contributed by atoms with van der Waals surface area (Å²) in [4.78, 5) is 4.98. The third kappa shape index (κ3) is 6.91. The van der Waals surface area contributed by atoms with Crippen LogP contribution in [0.1, 0.15) is 98.3 Å². The summed E-state index contributed by atoms with van der Waals surface area (Å²) >= 11 is 0. The molecule has 0 radical (unpaired) electrons. The Hall–Kier alpha value is -8.60. The molecule has 14 aromatic rings. The highest BCUT2D eigenvalue weighted by Crippen LogP contribution is 2.53. The predicted octanol–water partition coefficient (Wildman–Crippen LogP) is 22.3. The average Bonchev–Trinajstić information content (AvgIpc) is 4.28. The summed E-state index contributed by atoms with van der Waals surface area (Å²) < 4.78 is 14.9. The molecule has 2 aromatic heterocycles. The lowest BCUT2D eigenvalue weighted by Gasteiger charge is -2.30. The summed E-state index contributed by atoms with van der Waals surface area (Å²) in [6, 6.07) is 72.8. The summed E-state index contributed by atoms with van der Waals surface area (Å²) in [6.45, 7) is 4.47. The second kappa shape index (κ2) is 18.0. The lowest BCUT2D eigenvalue weighted by molar-refractivity contribution is 0.442. The van der Waals surface area contributed by atoms with E-state index in [2.05, 4.69) is 218 Å². The molecule has 2 aliphatic rings. The van der Waals surface area contributed by atoms with E-state index in [1.165, 1.54) is 151 Å². The van der Waals surface area contributed by atoms with Gasteiger partial charge in [0.1, 0.15) is 11.2 Å². The molecule has 4 nitrogen and oxygen atoms in total. The third-order valence-corrected chi connectivity index (χ3v) is 18.4. The third-order valence-electron chi connectivity index (χ3n) is 18.4. The number of para-hydroxylation sites is 4. The van der Waals surface area contributed by atoms with Crippen molar-refractivity contribution in [2.24, 2.45) is 0 Å². The van der Waals surface area contributed by atoms with Crippen LogP contribution < -0.4 is 9.80 Å². The maximum absolute atomic E-state index is 7.45. The Bertz CT molecular complexity index is 4400. The Morgan fingerprint density at radius 1 is 0.295 bits per heavy atom. The second-order valence-corrected chi connectivity index (χ2v) is 22.8. The van der Waals surface area contributed by atoms with Gasteiger partial charge in [0.05, 0.1) is 22.7 Å². The van der Waals surface area contributed by atoms with E-state index in [4.69, 9.17) is 8.83 Å². The van der Waals surface area contributed by atoms with Crippen LogP contribution in [0.15, 0.2) is 203 Å². The largest absolute Gasteiger partial charge is 0.454 e. The van der Waals surface area contributed by atoms with E-state index in [0.717, 1.165) is 67.2 Å². The van der Waals surface area contributed by atoms with Gasteiger partial charge in [-0.25, -0.2) is 0 Å². The maximum atomic E-state index is 7.45. The number of anilines is 6. The van der Waals surface area contributed by atoms with Gasteiger partial charge < -0.3 is 18.6 Å². The smallest absolute Gasteiger partial charge is 0.159 e. The lowest BCUT2D eigenvalue weighted by Crippen LogP contribution is -2.13. The van der Waals surface area contributed by atoms with Crippen LogP contribution in [-0.4, -0.2) is 0 Å². The summed E-state index contributed by atoms with van der Waals surface area (Å²) in [7, 11) is 0. The van der Waals surface area contributed by atoms with Gasteiger partial charge >= 0.3 is 0 Å². The van der Waals surface area contributed by atoms with E-state index in [1.54, 1.807) is 0 Å². The normalized spacial score (nSPS) is 14.9. The van der Waals surface area contributed by atoms with Gasteiger partial charge in [0.15, 0.2) is 11.2 Å². The molecular formula is C74H60N2O2. The Kier molecular flexibility index (Phi) is 10.5. The van der Waals surface area contributed by atoms with Crippen LogP contribution in [0.3, 0.4) is 0 Å². The fraction of sp³-hybridized carbons (Fsp3) is 0.189. The minimum atomic E-state index is 0.484. The molecule has 12 aromatic carbocycles. The second-order valence-electron chi connectivity index (χ2n) is 22.8. The van der Waals surface area contributed by atoms with Crippen LogP contribution in [0.4, 0.5) is 34.1 Å². The number of fused-ring (bicyclic) bond motifs is 10. The number of aryl methyl sites for hydroxylation is 2. The zero-order chi connectivity index (χ0) is 51.6. The van der Waals surface area contributed by atoms with Crippen LogP contribution in [-0.2, 0) is 0 Å². The minimum absolute atomic E-state index is 0.484. The molecule has 16 rings (SSSR count). The van der Waals surface area contributed by atoms with Crippen molar-refractivity contribution < 1.29 is 8.83 Å². The fourth-order valence-corrected chi connectivity index (χ4v) is 14.7. The zero-order valence-corrected chi connectivity index (χ0v) is 44.4. The molecule has 0 N–H and O–H groups in total. The molecular weight excluding hydrogens is 949 g/mol. The van der Waals surface area contributed by atoms with Gasteiger partial charge in [0.25, 0.3) is 0 Å². The fourth-order valence-electron chi connectivity index (χ4n) is 14.7. The molecule has 378 valence electrons. The standard InChI is InChI=1S/C74H60N2O2/c1-45-19-9-15-31-61(45)75(65-33-17-29-57-69-53-27-13-11-25-51(53)43-59(73(69)77-71(57)65)47-21-5-3-6-22-47)63-41-37-49-36-40-56-64(42-38-50-35-39-55(63)67(49)68(50)56)76(62-32-16-10-20-46(62)2)66-34-18-30-58-70-54-28-14-12-26-52(54)44-60(74(70)78-72(58)66)48-23-7-4-8-24-48/h9-20,25-44,47-48H,3-8,21-24H2,1-2H3. The van der Waals surface area contributed by atoms with E-state index in [0.29, 0.717) is 11.8 Å². The Balaban J connectivity index is 0.938. The van der Waals surface area contributed by atoms with Gasteiger partial charge in [0, 0.05) is 43.7 Å². The number of hydrogen-bond donors (Lipinski definition) is 0. The van der Waals surface area contributed by atoms with Crippen molar-refractivity contribution in [3.05, 3.63) is 216 Å². The predicted molar refractivity (Wildman–Crippen MR) is 330 cm³/mol. The van der Waals surface area contributed by atoms with Crippen LogP contribution in [0.2, 0.25) is 0 Å². The van der Waals surface area contributed by atoms with Crippen molar-refractivity contribution in [1.29, 1.82) is 0 Å². The van der Waals surface area contributed by atoms with Gasteiger partial charge in [-0.15, -0.1) is 0 Å². The summed E-state index contributed by atoms with van der Waals surface area (Å²) in [5.41, 5.74) is 15.6. The first kappa shape index (κ1) is 45.6. The summed E-state index contributed by atoms with van der Waals surface area (Å²) in [5, 5.41) is 17.1. The van der Waals surface area contributed by atoms with Crippen molar-refractivity contribution >= 4 is 132 Å². The monoisotopic (exact) mass is 1010 g/mol. The molecule has 0 atom stereocenters. The first-order valence-corrected chi connectivity index (χ1v) is 28.7. The zero-order valence-electron chi connectivity index (χ0n) is 44.4. The molecule has 2 saturated carbocycles. The molecule has 0 unspecified atom stereocenters. The molecule has 0 aliphatic heterocycles. The highest BCUT2D eigenvalue weighted by molar-refractivity contribution is 6.30. The van der Waals surface area contributed by atoms with E-state index in [9.17, 15) is 0 Å². The first-order chi connectivity index (χ1) is 38.6. The van der Waals surface area contributed by atoms with E-state index in [-0.39, 0.29) is 0 Å². The molecule has 2 fully saturated rings. The Labute approximate surface area is 454 Å². The molecule has 0 spiro atoms. The lowest BCUT2D eigenvalue weighted by atomic mass is 9.82. The van der Waals surface area contributed by atoms with Crippen molar-refractivity contribution in [3.8, 4) is 0 Å². The first-order valence-electron chi connectivity index (χ1n) is 28.7. The molecule has 2 aliphatic carbocycles. The molecule has 2 heterocycles. The highest BCUT2D eigenvalue weighted by atomic mass is 16.3. The van der Waals surface area contributed by atoms with Crippen molar-refractivity contribution in [2.75, 3.05) is 9.80 Å². The molecule has 0 saturated heterocycles. The van der Waals surface area contributed by atoms with Gasteiger partial charge in [-0.1, -0.05) is 184 Å². The van der Waals surface area contributed by atoms with Gasteiger partial charge in [0.2, 0.25) is 0 Å². The maximum Gasteiger partial charge on any atom is 0.159 e. The van der Waals surface area contributed by atoms with Crippen molar-refractivity contribution in [1.82, 2.24) is 0 Å². The van der Waals surface area contributed by atoms with Crippen LogP contribution in [0, 0.1) is 13.8 Å². The SMILES string of the molecule is Cc1ccccc1N(c1ccc2ccc3c(N(c4ccccc4C)c4cccc5c4oc4c(C6CCCCC6)cc6ccccc6c45)ccc4ccc1c2c43)c1cccc2c1oc1c(C3CCCCC3)cc3ccccc3c12. The van der Waals surface area contributed by atoms with Gasteiger partial charge in [-0.2, -0.15) is 0 Å². The number of hydrogen-bond acceptors (Lipinski definition) is 4. The number of nitrogens with zero attached hydrogens (tertiary/aromatic N) is 2. The average molecular weight is 1010 g/mol. The highest BCUT2D eigenvalue weighted by Gasteiger charge is 2.30. The van der Waals surface area contributed by atoms with Crippen molar-refractivity contribution in [2.45, 2.75) is 89.9 Å². The van der Waals surface area contributed by atoms with Gasteiger partial charge in [-0.3, -0.25) is 0 Å². The van der Waals surface area contributed by atoms with Crippen LogP contribution in [0.5, 0.6) is 0 Å². The Morgan fingerprint density at radius 2 is 0.679 bits per heavy atom. The minimum Gasteiger partial charge on any atom is -0.454 e. The summed E-state index contributed by atoms with van der Waals surface area (Å²) in [6.07, 6.45) is 12.5. The molecule has 0 bridgehead atoms. The number of rotatable bonds is 8. The van der Waals surface area contributed by atoms with Crippen LogP contribution in [0.25, 0.3) is 97.7 Å². The topological polar surface area (TPSA) is 32.8 Å². The number of benzene rings is 12. The molecule has 78 heavy (non-hydrogen) atoms. The van der Waals surface area contributed by atoms with Crippen molar-refractivity contribution in [3.63, 3.8) is 0 Å². The van der Waals surface area contributed by atoms with Crippen LogP contribution >= 0.6 is 0 Å². The molecule has 4 heteroatoms. The van der Waals surface area contributed by atoms with Gasteiger partial charge in [-0.05, 0) is 165 Å². The Morgan fingerprint density at radius 3 is 1.13 bits per heavy atom. The van der Waals surface area contributed by atoms with E-state index < -0.39 is 0 Å². The van der Waals surface area contributed by atoms with E-state index in [1.807, 2.05) is 0 Å². The quantitative estimate of drug-likeness (QED) is 0.142. The van der Waals surface area contributed by atoms with E-state index >= 15 is 0 Å². The number of furan rings is 2. The molecule has 0 amide bonds.